The first-order valence-electron chi connectivity index (χ1n) is 6.83. The molecule has 0 unspecified atom stereocenters. The van der Waals surface area contributed by atoms with E-state index in [2.05, 4.69) is 10.3 Å². The predicted octanol–water partition coefficient (Wildman–Crippen LogP) is 3.03. The van der Waals surface area contributed by atoms with Gasteiger partial charge in [-0.1, -0.05) is 41.9 Å². The van der Waals surface area contributed by atoms with E-state index in [0.717, 1.165) is 11.1 Å². The minimum absolute atomic E-state index is 0.320. The van der Waals surface area contributed by atoms with E-state index in [9.17, 15) is 4.79 Å². The molecule has 0 aliphatic carbocycles. The number of anilines is 1. The van der Waals surface area contributed by atoms with E-state index in [-0.39, 0.29) is 5.96 Å². The number of carbonyl (C=O) groups is 1. The van der Waals surface area contributed by atoms with Crippen molar-refractivity contribution in [2.75, 3.05) is 5.32 Å². The first-order valence-corrected chi connectivity index (χ1v) is 7.21. The van der Waals surface area contributed by atoms with Crippen LogP contribution in [0.25, 0.3) is 0 Å². The summed E-state index contributed by atoms with van der Waals surface area (Å²) in [5, 5.41) is 2.88. The van der Waals surface area contributed by atoms with Crippen LogP contribution < -0.4 is 21.5 Å². The molecular formula is C16H17ClN4O2. The molecule has 0 aliphatic heterocycles. The van der Waals surface area contributed by atoms with E-state index in [1.165, 1.54) is 0 Å². The van der Waals surface area contributed by atoms with Gasteiger partial charge in [-0.3, -0.25) is 0 Å². The molecule has 0 heterocycles. The fraction of sp³-hybridized carbons (Fsp3) is 0.125. The molecule has 0 aromatic heterocycles. The molecule has 23 heavy (non-hydrogen) atoms. The van der Waals surface area contributed by atoms with Gasteiger partial charge in [-0.05, 0) is 24.1 Å². The maximum absolute atomic E-state index is 11.6. The fourth-order valence-corrected chi connectivity index (χ4v) is 2.25. The summed E-state index contributed by atoms with van der Waals surface area (Å²) in [4.78, 5) is 15.0. The Kier molecular flexibility index (Phi) is 5.43. The van der Waals surface area contributed by atoms with Gasteiger partial charge in [0, 0.05) is 6.07 Å². The van der Waals surface area contributed by atoms with Crippen LogP contribution in [0.4, 0.5) is 10.5 Å². The molecule has 6 nitrogen and oxygen atoms in total. The van der Waals surface area contributed by atoms with Gasteiger partial charge in [0.2, 0.25) is 0 Å². The minimum atomic E-state index is -0.687. The molecule has 120 valence electrons. The summed E-state index contributed by atoms with van der Waals surface area (Å²) in [6, 6.07) is 12.5. The lowest BCUT2D eigenvalue weighted by Gasteiger charge is -2.12. The quantitative estimate of drug-likeness (QED) is 0.591. The van der Waals surface area contributed by atoms with Gasteiger partial charge < -0.3 is 21.5 Å². The number of carbonyl (C=O) groups excluding carboxylic acids is 1. The number of hydrogen-bond donors (Lipinski definition) is 3. The Morgan fingerprint density at radius 3 is 2.57 bits per heavy atom. The zero-order valence-corrected chi connectivity index (χ0v) is 13.3. The highest BCUT2D eigenvalue weighted by atomic mass is 35.5. The lowest BCUT2D eigenvalue weighted by molar-refractivity contribution is 0.259. The average molecular weight is 333 g/mol. The van der Waals surface area contributed by atoms with Gasteiger partial charge in [0.05, 0.1) is 10.7 Å². The number of guanidine groups is 1. The van der Waals surface area contributed by atoms with Gasteiger partial charge in [-0.2, -0.15) is 4.99 Å². The Morgan fingerprint density at radius 1 is 1.26 bits per heavy atom. The number of halogens is 1. The number of aliphatic imine (C=N–C) groups is 1. The summed E-state index contributed by atoms with van der Waals surface area (Å²) in [5.74, 6) is 0.287. The van der Waals surface area contributed by atoms with Crippen LogP contribution in [0.3, 0.4) is 0 Å². The SMILES string of the molecule is Cc1cc(OCc2ccccc2)cc(Cl)c1NC(=O)N=C(N)N. The van der Waals surface area contributed by atoms with E-state index in [0.29, 0.717) is 23.1 Å². The second-order valence-electron chi connectivity index (χ2n) is 4.84. The second-order valence-corrected chi connectivity index (χ2v) is 5.25. The highest BCUT2D eigenvalue weighted by molar-refractivity contribution is 6.34. The number of nitrogens with one attached hydrogen (secondary N) is 1. The summed E-state index contributed by atoms with van der Waals surface area (Å²) in [5.41, 5.74) is 12.5. The number of urea groups is 1. The lowest BCUT2D eigenvalue weighted by atomic mass is 10.2. The third-order valence-corrected chi connectivity index (χ3v) is 3.27. The van der Waals surface area contributed by atoms with Crippen molar-refractivity contribution in [2.24, 2.45) is 16.5 Å². The Labute approximate surface area is 139 Å². The van der Waals surface area contributed by atoms with Crippen molar-refractivity contribution >= 4 is 29.3 Å². The molecular weight excluding hydrogens is 316 g/mol. The maximum Gasteiger partial charge on any atom is 0.348 e. The molecule has 2 aromatic rings. The molecule has 2 rings (SSSR count). The van der Waals surface area contributed by atoms with Gasteiger partial charge >= 0.3 is 6.03 Å². The highest BCUT2D eigenvalue weighted by Gasteiger charge is 2.11. The van der Waals surface area contributed by atoms with E-state index < -0.39 is 6.03 Å². The van der Waals surface area contributed by atoms with Crippen molar-refractivity contribution < 1.29 is 9.53 Å². The molecule has 0 saturated heterocycles. The normalized spacial score (nSPS) is 10.0. The lowest BCUT2D eigenvalue weighted by Crippen LogP contribution is -2.25. The zero-order chi connectivity index (χ0) is 16.8. The Hall–Kier alpha value is -2.73. The maximum atomic E-state index is 11.6. The molecule has 5 N–H and O–H groups in total. The summed E-state index contributed by atoms with van der Waals surface area (Å²) < 4.78 is 5.71. The van der Waals surface area contributed by atoms with E-state index >= 15 is 0 Å². The molecule has 0 fully saturated rings. The summed E-state index contributed by atoms with van der Waals surface area (Å²) in [6.45, 7) is 2.22. The molecule has 2 amide bonds. The Morgan fingerprint density at radius 2 is 1.96 bits per heavy atom. The van der Waals surface area contributed by atoms with Crippen molar-refractivity contribution in [1.29, 1.82) is 0 Å². The number of nitrogens with two attached hydrogens (primary N) is 2. The van der Waals surface area contributed by atoms with Crippen LogP contribution in [0.15, 0.2) is 47.5 Å². The van der Waals surface area contributed by atoms with E-state index in [1.807, 2.05) is 30.3 Å². The molecule has 7 heteroatoms. The van der Waals surface area contributed by atoms with Crippen molar-refractivity contribution in [2.45, 2.75) is 13.5 Å². The fourth-order valence-electron chi connectivity index (χ4n) is 1.95. The zero-order valence-electron chi connectivity index (χ0n) is 12.5. The van der Waals surface area contributed by atoms with Crippen molar-refractivity contribution in [3.8, 4) is 5.75 Å². The summed E-state index contributed by atoms with van der Waals surface area (Å²) in [7, 11) is 0. The van der Waals surface area contributed by atoms with Gasteiger partial charge in [0.1, 0.15) is 12.4 Å². The minimum Gasteiger partial charge on any atom is -0.489 e. The number of amides is 2. The largest absolute Gasteiger partial charge is 0.489 e. The summed E-state index contributed by atoms with van der Waals surface area (Å²) >= 11 is 6.19. The van der Waals surface area contributed by atoms with Crippen LogP contribution in [-0.4, -0.2) is 12.0 Å². The van der Waals surface area contributed by atoms with Crippen molar-refractivity contribution in [3.05, 3.63) is 58.6 Å². The standard InChI is InChI=1S/C16H17ClN4O2/c1-10-7-12(23-9-11-5-3-2-4-6-11)8-13(17)14(10)20-16(22)21-15(18)19/h2-8H,9H2,1H3,(H5,18,19,20,21,22). The van der Waals surface area contributed by atoms with Crippen LogP contribution in [0.2, 0.25) is 5.02 Å². The van der Waals surface area contributed by atoms with Crippen molar-refractivity contribution in [3.63, 3.8) is 0 Å². The molecule has 0 atom stereocenters. The van der Waals surface area contributed by atoms with Gasteiger partial charge in [-0.25, -0.2) is 4.79 Å². The van der Waals surface area contributed by atoms with Crippen LogP contribution in [0.5, 0.6) is 5.75 Å². The van der Waals surface area contributed by atoms with Gasteiger partial charge in [0.15, 0.2) is 5.96 Å². The Bertz CT molecular complexity index is 705. The van der Waals surface area contributed by atoms with E-state index in [4.69, 9.17) is 27.8 Å². The predicted molar refractivity (Wildman–Crippen MR) is 91.8 cm³/mol. The number of ether oxygens (including phenoxy) is 1. The topological polar surface area (TPSA) is 103 Å². The highest BCUT2D eigenvalue weighted by Crippen LogP contribution is 2.31. The van der Waals surface area contributed by atoms with Crippen molar-refractivity contribution in [1.82, 2.24) is 0 Å². The van der Waals surface area contributed by atoms with E-state index in [1.54, 1.807) is 19.1 Å². The average Bonchev–Trinajstić information content (AvgIpc) is 2.49. The number of benzene rings is 2. The van der Waals surface area contributed by atoms with Crippen LogP contribution in [0.1, 0.15) is 11.1 Å². The first kappa shape index (κ1) is 16.6. The van der Waals surface area contributed by atoms with Crippen LogP contribution in [-0.2, 0) is 6.61 Å². The van der Waals surface area contributed by atoms with Crippen LogP contribution in [0, 0.1) is 6.92 Å². The first-order chi connectivity index (χ1) is 11.0. The number of aryl methyl sites for hydroxylation is 1. The third-order valence-electron chi connectivity index (χ3n) is 2.97. The van der Waals surface area contributed by atoms with Gasteiger partial charge in [-0.15, -0.1) is 0 Å². The third kappa shape index (κ3) is 4.89. The van der Waals surface area contributed by atoms with Gasteiger partial charge in [0.25, 0.3) is 0 Å². The molecule has 0 aliphatic rings. The second kappa shape index (κ2) is 7.51. The number of nitrogens with zero attached hydrogens (tertiary/aromatic N) is 1. The smallest absolute Gasteiger partial charge is 0.348 e. The molecule has 0 bridgehead atoms. The molecule has 0 saturated carbocycles. The number of rotatable bonds is 4. The molecule has 2 aromatic carbocycles. The summed E-state index contributed by atoms with van der Waals surface area (Å²) in [6.07, 6.45) is 0. The number of hydrogen-bond acceptors (Lipinski definition) is 2. The molecule has 0 radical (unpaired) electrons. The monoisotopic (exact) mass is 332 g/mol. The van der Waals surface area contributed by atoms with Crippen LogP contribution >= 0.6 is 11.6 Å². The Balaban J connectivity index is 2.10. The molecule has 0 spiro atoms.